The molecule has 0 aliphatic rings. The summed E-state index contributed by atoms with van der Waals surface area (Å²) < 4.78 is 0. The molecule has 0 spiro atoms. The zero-order valence-corrected chi connectivity index (χ0v) is 13.7. The quantitative estimate of drug-likeness (QED) is 0.657. The Morgan fingerprint density at radius 1 is 1.23 bits per heavy atom. The van der Waals surface area contributed by atoms with E-state index >= 15 is 0 Å². The second-order valence-electron chi connectivity index (χ2n) is 5.11. The topological polar surface area (TPSA) is 74.8 Å². The van der Waals surface area contributed by atoms with E-state index in [4.69, 9.17) is 0 Å². The number of hydrogen-bond donors (Lipinski definition) is 2. The summed E-state index contributed by atoms with van der Waals surface area (Å²) in [5.74, 6) is 0.0721. The number of aromatic amines is 1. The van der Waals surface area contributed by atoms with Crippen LogP contribution in [-0.4, -0.2) is 21.6 Å². The zero-order chi connectivity index (χ0) is 16.1. The number of nitrogens with one attached hydrogen (secondary N) is 2. The van der Waals surface area contributed by atoms with E-state index in [9.17, 15) is 9.59 Å². The van der Waals surface area contributed by atoms with Crippen LogP contribution in [-0.2, 0) is 11.2 Å². The fourth-order valence-electron chi connectivity index (χ4n) is 2.11. The standard InChI is InChI=1S/C16H19N3O2S/c1-4-12-8-14(20)19-16(18-12)22-9-15(21)17-13-6-10(2)5-11(3)7-13/h5-8H,4,9H2,1-3H3,(H,17,21)(H,18,19,20). The largest absolute Gasteiger partial charge is 0.325 e. The molecule has 0 aliphatic heterocycles. The molecule has 0 fully saturated rings. The average molecular weight is 317 g/mol. The molecular formula is C16H19N3O2S. The van der Waals surface area contributed by atoms with E-state index in [-0.39, 0.29) is 17.2 Å². The van der Waals surface area contributed by atoms with Gasteiger partial charge in [-0.05, 0) is 43.5 Å². The molecule has 5 nitrogen and oxygen atoms in total. The molecule has 0 atom stereocenters. The number of carbonyl (C=O) groups is 1. The van der Waals surface area contributed by atoms with Crippen LogP contribution in [0.3, 0.4) is 0 Å². The second kappa shape index (κ2) is 7.26. The number of thioether (sulfide) groups is 1. The predicted octanol–water partition coefficient (Wildman–Crippen LogP) is 2.68. The van der Waals surface area contributed by atoms with Gasteiger partial charge < -0.3 is 10.3 Å². The number of nitrogens with zero attached hydrogens (tertiary/aromatic N) is 1. The molecule has 1 aromatic carbocycles. The normalized spacial score (nSPS) is 10.5. The predicted molar refractivity (Wildman–Crippen MR) is 89.5 cm³/mol. The van der Waals surface area contributed by atoms with E-state index in [1.54, 1.807) is 0 Å². The molecule has 0 aliphatic carbocycles. The molecule has 0 saturated carbocycles. The Morgan fingerprint density at radius 3 is 2.55 bits per heavy atom. The van der Waals surface area contributed by atoms with Crippen LogP contribution in [0.2, 0.25) is 0 Å². The first kappa shape index (κ1) is 16.3. The molecule has 22 heavy (non-hydrogen) atoms. The minimum Gasteiger partial charge on any atom is -0.325 e. The zero-order valence-electron chi connectivity index (χ0n) is 12.9. The van der Waals surface area contributed by atoms with E-state index in [0.29, 0.717) is 11.6 Å². The molecule has 2 N–H and O–H groups in total. The summed E-state index contributed by atoms with van der Waals surface area (Å²) in [5, 5.41) is 3.33. The fraction of sp³-hybridized carbons (Fsp3) is 0.312. The number of aryl methyl sites for hydroxylation is 3. The van der Waals surface area contributed by atoms with Gasteiger partial charge in [0.1, 0.15) is 0 Å². The number of H-pyrrole nitrogens is 1. The molecule has 0 unspecified atom stereocenters. The summed E-state index contributed by atoms with van der Waals surface area (Å²) in [6.45, 7) is 5.91. The lowest BCUT2D eigenvalue weighted by atomic mass is 10.1. The SMILES string of the molecule is CCc1cc(=O)[nH]c(SCC(=O)Nc2cc(C)cc(C)c2)n1. The number of benzene rings is 1. The van der Waals surface area contributed by atoms with Crippen molar-refractivity contribution in [3.63, 3.8) is 0 Å². The van der Waals surface area contributed by atoms with Crippen LogP contribution in [0.1, 0.15) is 23.7 Å². The van der Waals surface area contributed by atoms with E-state index in [1.165, 1.54) is 17.8 Å². The molecule has 116 valence electrons. The van der Waals surface area contributed by atoms with E-state index in [1.807, 2.05) is 32.9 Å². The van der Waals surface area contributed by atoms with Crippen molar-refractivity contribution in [3.05, 3.63) is 51.4 Å². The van der Waals surface area contributed by atoms with Gasteiger partial charge in [-0.25, -0.2) is 4.98 Å². The van der Waals surface area contributed by atoms with Gasteiger partial charge in [-0.3, -0.25) is 9.59 Å². The summed E-state index contributed by atoms with van der Waals surface area (Å²) in [4.78, 5) is 30.4. The lowest BCUT2D eigenvalue weighted by Gasteiger charge is -2.07. The average Bonchev–Trinajstić information content (AvgIpc) is 2.43. The molecule has 0 bridgehead atoms. The molecule has 6 heteroatoms. The summed E-state index contributed by atoms with van der Waals surface area (Å²) in [6.07, 6.45) is 0.687. The molecular weight excluding hydrogens is 298 g/mol. The highest BCUT2D eigenvalue weighted by Gasteiger charge is 2.07. The number of anilines is 1. The van der Waals surface area contributed by atoms with Gasteiger partial charge in [-0.1, -0.05) is 24.8 Å². The van der Waals surface area contributed by atoms with Crippen molar-refractivity contribution in [3.8, 4) is 0 Å². The first-order valence-corrected chi connectivity index (χ1v) is 8.06. The second-order valence-corrected chi connectivity index (χ2v) is 6.07. The summed E-state index contributed by atoms with van der Waals surface area (Å²) >= 11 is 1.22. The van der Waals surface area contributed by atoms with Gasteiger partial charge in [0.15, 0.2) is 5.16 Å². The van der Waals surface area contributed by atoms with Crippen molar-refractivity contribution in [2.75, 3.05) is 11.1 Å². The summed E-state index contributed by atoms with van der Waals surface area (Å²) in [6, 6.07) is 7.37. The Hall–Kier alpha value is -2.08. The minimum atomic E-state index is -0.191. The van der Waals surface area contributed by atoms with Gasteiger partial charge in [-0.15, -0.1) is 0 Å². The maximum Gasteiger partial charge on any atom is 0.251 e. The third-order valence-electron chi connectivity index (χ3n) is 2.98. The first-order valence-electron chi connectivity index (χ1n) is 7.07. The smallest absolute Gasteiger partial charge is 0.251 e. The Balaban J connectivity index is 1.98. The number of hydrogen-bond acceptors (Lipinski definition) is 4. The van der Waals surface area contributed by atoms with Crippen molar-refractivity contribution < 1.29 is 4.79 Å². The Bertz CT molecular complexity index is 720. The lowest BCUT2D eigenvalue weighted by molar-refractivity contribution is -0.113. The molecule has 0 radical (unpaired) electrons. The van der Waals surface area contributed by atoms with Crippen molar-refractivity contribution in [1.82, 2.24) is 9.97 Å². The van der Waals surface area contributed by atoms with Gasteiger partial charge in [0, 0.05) is 17.4 Å². The minimum absolute atomic E-state index is 0.125. The van der Waals surface area contributed by atoms with Crippen LogP contribution >= 0.6 is 11.8 Å². The van der Waals surface area contributed by atoms with Gasteiger partial charge in [0.05, 0.1) is 5.75 Å². The van der Waals surface area contributed by atoms with E-state index in [2.05, 4.69) is 21.4 Å². The molecule has 0 saturated heterocycles. The molecule has 1 heterocycles. The molecule has 2 aromatic rings. The monoisotopic (exact) mass is 317 g/mol. The van der Waals surface area contributed by atoms with E-state index in [0.717, 1.165) is 22.5 Å². The highest BCUT2D eigenvalue weighted by Crippen LogP contribution is 2.16. The highest BCUT2D eigenvalue weighted by atomic mass is 32.2. The van der Waals surface area contributed by atoms with Crippen LogP contribution in [0.4, 0.5) is 5.69 Å². The molecule has 1 aromatic heterocycles. The Morgan fingerprint density at radius 2 is 1.91 bits per heavy atom. The number of aromatic nitrogens is 2. The summed E-state index contributed by atoms with van der Waals surface area (Å²) in [5.41, 5.74) is 3.52. The Labute approximate surface area is 133 Å². The van der Waals surface area contributed by atoms with Gasteiger partial charge in [-0.2, -0.15) is 0 Å². The maximum absolute atomic E-state index is 12.0. The van der Waals surface area contributed by atoms with Crippen molar-refractivity contribution in [2.45, 2.75) is 32.3 Å². The Kier molecular flexibility index (Phi) is 5.38. The molecule has 1 amide bonds. The number of rotatable bonds is 5. The summed E-state index contributed by atoms with van der Waals surface area (Å²) in [7, 11) is 0. The van der Waals surface area contributed by atoms with Crippen molar-refractivity contribution >= 4 is 23.4 Å². The van der Waals surface area contributed by atoms with E-state index < -0.39 is 0 Å². The number of carbonyl (C=O) groups excluding carboxylic acids is 1. The van der Waals surface area contributed by atoms with Crippen molar-refractivity contribution in [2.24, 2.45) is 0 Å². The maximum atomic E-state index is 12.0. The van der Waals surface area contributed by atoms with Crippen molar-refractivity contribution in [1.29, 1.82) is 0 Å². The van der Waals surface area contributed by atoms with Gasteiger partial charge in [0.25, 0.3) is 5.56 Å². The van der Waals surface area contributed by atoms with Gasteiger partial charge in [0.2, 0.25) is 5.91 Å². The van der Waals surface area contributed by atoms with Crippen LogP contribution < -0.4 is 10.9 Å². The van der Waals surface area contributed by atoms with Crippen LogP contribution in [0, 0.1) is 13.8 Å². The van der Waals surface area contributed by atoms with Crippen LogP contribution in [0.15, 0.2) is 34.2 Å². The number of amides is 1. The van der Waals surface area contributed by atoms with Crippen LogP contribution in [0.25, 0.3) is 0 Å². The third kappa shape index (κ3) is 4.73. The fourth-order valence-corrected chi connectivity index (χ4v) is 2.81. The van der Waals surface area contributed by atoms with Gasteiger partial charge >= 0.3 is 0 Å². The molecule has 2 rings (SSSR count). The third-order valence-corrected chi connectivity index (χ3v) is 3.85. The first-order chi connectivity index (χ1) is 10.5. The van der Waals surface area contributed by atoms with Crippen LogP contribution in [0.5, 0.6) is 0 Å². The highest BCUT2D eigenvalue weighted by molar-refractivity contribution is 7.99. The lowest BCUT2D eigenvalue weighted by Crippen LogP contribution is -2.16.